The molecule has 0 saturated carbocycles. The third kappa shape index (κ3) is 12.3. The standard InChI is InChI=1S/C10H24N10/c11-3-1-5-15-9(13)19-17-7-8-18-20-10(14)16-6-2-4-12/h7-8H,1-6,11-12H2,(H3,13,15,19)(H3,14,16,20). The molecule has 0 heterocycles. The summed E-state index contributed by atoms with van der Waals surface area (Å²) in [5.41, 5.74) is 26.8. The molecule has 0 aliphatic carbocycles. The van der Waals surface area contributed by atoms with Crippen molar-refractivity contribution in [1.29, 1.82) is 0 Å². The van der Waals surface area contributed by atoms with Crippen LogP contribution in [0, 0.1) is 0 Å². The van der Waals surface area contributed by atoms with E-state index in [0.717, 1.165) is 12.8 Å². The summed E-state index contributed by atoms with van der Waals surface area (Å²) in [5.74, 6) is 0.442. The smallest absolute Gasteiger partial charge is 0.209 e. The van der Waals surface area contributed by atoms with Crippen molar-refractivity contribution in [3.63, 3.8) is 0 Å². The maximum atomic E-state index is 5.52. The third-order valence-corrected chi connectivity index (χ3v) is 1.86. The minimum absolute atomic E-state index is 0.221. The summed E-state index contributed by atoms with van der Waals surface area (Å²) in [6.45, 7) is 2.28. The lowest BCUT2D eigenvalue weighted by Gasteiger charge is -1.98. The molecule has 10 heteroatoms. The van der Waals surface area contributed by atoms with Crippen molar-refractivity contribution in [1.82, 2.24) is 10.9 Å². The predicted molar refractivity (Wildman–Crippen MR) is 83.6 cm³/mol. The summed E-state index contributed by atoms with van der Waals surface area (Å²) < 4.78 is 0. The third-order valence-electron chi connectivity index (χ3n) is 1.86. The molecule has 0 radical (unpaired) electrons. The highest BCUT2D eigenvalue weighted by molar-refractivity contribution is 6.16. The van der Waals surface area contributed by atoms with Crippen LogP contribution in [0.25, 0.3) is 0 Å². The zero-order chi connectivity index (χ0) is 15.1. The lowest BCUT2D eigenvalue weighted by atomic mass is 10.4. The molecule has 0 aromatic carbocycles. The Kier molecular flexibility index (Phi) is 11.8. The molecule has 0 bridgehead atoms. The van der Waals surface area contributed by atoms with Crippen LogP contribution in [0.4, 0.5) is 0 Å². The molecule has 114 valence electrons. The lowest BCUT2D eigenvalue weighted by Crippen LogP contribution is -2.28. The van der Waals surface area contributed by atoms with Gasteiger partial charge in [-0.25, -0.2) is 10.9 Å². The number of hydrazone groups is 2. The first-order valence-electron chi connectivity index (χ1n) is 6.27. The molecule has 0 fully saturated rings. The molecule has 0 spiro atoms. The topological polar surface area (TPSA) is 178 Å². The summed E-state index contributed by atoms with van der Waals surface area (Å²) in [6.07, 6.45) is 4.34. The van der Waals surface area contributed by atoms with E-state index in [0.29, 0.717) is 26.2 Å². The van der Waals surface area contributed by atoms with E-state index < -0.39 is 0 Å². The first kappa shape index (κ1) is 17.8. The maximum Gasteiger partial charge on any atom is 0.209 e. The van der Waals surface area contributed by atoms with Crippen molar-refractivity contribution in [3.05, 3.63) is 0 Å². The highest BCUT2D eigenvalue weighted by Gasteiger charge is 1.87. The van der Waals surface area contributed by atoms with E-state index in [4.69, 9.17) is 22.9 Å². The van der Waals surface area contributed by atoms with E-state index in [9.17, 15) is 0 Å². The Morgan fingerprint density at radius 2 is 1.20 bits per heavy atom. The lowest BCUT2D eigenvalue weighted by molar-refractivity contribution is 0.833. The summed E-state index contributed by atoms with van der Waals surface area (Å²) in [5, 5.41) is 7.55. The van der Waals surface area contributed by atoms with Gasteiger partial charge in [0.25, 0.3) is 0 Å². The van der Waals surface area contributed by atoms with Gasteiger partial charge in [0, 0.05) is 13.1 Å². The highest BCUT2D eigenvalue weighted by atomic mass is 15.4. The Balaban J connectivity index is 3.80. The van der Waals surface area contributed by atoms with Gasteiger partial charge in [-0.05, 0) is 25.9 Å². The van der Waals surface area contributed by atoms with Gasteiger partial charge in [0.1, 0.15) is 0 Å². The molecule has 0 aromatic rings. The van der Waals surface area contributed by atoms with Gasteiger partial charge in [-0.2, -0.15) is 10.2 Å². The van der Waals surface area contributed by atoms with Gasteiger partial charge in [0.05, 0.1) is 12.4 Å². The molecule has 0 rings (SSSR count). The molecule has 20 heavy (non-hydrogen) atoms. The summed E-state index contributed by atoms with van der Waals surface area (Å²) >= 11 is 0. The fourth-order valence-electron chi connectivity index (χ4n) is 0.926. The van der Waals surface area contributed by atoms with E-state index in [1.807, 2.05) is 0 Å². The van der Waals surface area contributed by atoms with Gasteiger partial charge in [0.2, 0.25) is 11.9 Å². The van der Waals surface area contributed by atoms with Crippen LogP contribution in [0.15, 0.2) is 20.2 Å². The van der Waals surface area contributed by atoms with Gasteiger partial charge < -0.3 is 22.9 Å². The van der Waals surface area contributed by atoms with E-state index in [1.54, 1.807) is 0 Å². The van der Waals surface area contributed by atoms with Crippen molar-refractivity contribution >= 4 is 24.3 Å². The number of nitrogens with two attached hydrogens (primary N) is 4. The Morgan fingerprint density at radius 3 is 1.55 bits per heavy atom. The van der Waals surface area contributed by atoms with Crippen LogP contribution in [0.1, 0.15) is 12.8 Å². The Labute approximate surface area is 118 Å². The van der Waals surface area contributed by atoms with Gasteiger partial charge in [-0.15, -0.1) is 0 Å². The minimum Gasteiger partial charge on any atom is -0.369 e. The first-order valence-corrected chi connectivity index (χ1v) is 6.27. The van der Waals surface area contributed by atoms with Gasteiger partial charge in [-0.1, -0.05) is 0 Å². The second kappa shape index (κ2) is 13.2. The molecule has 0 atom stereocenters. The van der Waals surface area contributed by atoms with E-state index in [2.05, 4.69) is 31.0 Å². The molecule has 0 saturated heterocycles. The van der Waals surface area contributed by atoms with Crippen LogP contribution in [0.5, 0.6) is 0 Å². The van der Waals surface area contributed by atoms with Crippen LogP contribution in [0.3, 0.4) is 0 Å². The van der Waals surface area contributed by atoms with Crippen LogP contribution in [-0.2, 0) is 0 Å². The quantitative estimate of drug-likeness (QED) is 0.117. The SMILES string of the molecule is NCCCN=C(N)NN=CC=NNC(N)=NCCCN. The van der Waals surface area contributed by atoms with Gasteiger partial charge in [0.15, 0.2) is 0 Å². The fraction of sp³-hybridized carbons (Fsp3) is 0.600. The van der Waals surface area contributed by atoms with Crippen molar-refractivity contribution in [2.24, 2.45) is 43.1 Å². The second-order valence-corrected chi connectivity index (χ2v) is 3.60. The number of guanidine groups is 2. The number of hydrogen-bond acceptors (Lipinski definition) is 6. The average Bonchev–Trinajstić information content (AvgIpc) is 2.43. The van der Waals surface area contributed by atoms with Gasteiger partial charge >= 0.3 is 0 Å². The maximum absolute atomic E-state index is 5.52. The monoisotopic (exact) mass is 284 g/mol. The largest absolute Gasteiger partial charge is 0.369 e. The molecule has 0 aliphatic rings. The summed E-state index contributed by atoms with van der Waals surface area (Å²) in [4.78, 5) is 7.96. The number of nitrogens with zero attached hydrogens (tertiary/aromatic N) is 4. The van der Waals surface area contributed by atoms with Crippen LogP contribution in [-0.4, -0.2) is 50.5 Å². The number of aliphatic imine (C=N–C) groups is 2. The molecule has 0 amide bonds. The van der Waals surface area contributed by atoms with Crippen molar-refractivity contribution < 1.29 is 0 Å². The van der Waals surface area contributed by atoms with E-state index >= 15 is 0 Å². The average molecular weight is 284 g/mol. The van der Waals surface area contributed by atoms with E-state index in [-0.39, 0.29) is 11.9 Å². The summed E-state index contributed by atoms with van der Waals surface area (Å²) in [7, 11) is 0. The van der Waals surface area contributed by atoms with Crippen molar-refractivity contribution in [3.8, 4) is 0 Å². The van der Waals surface area contributed by atoms with Crippen molar-refractivity contribution in [2.45, 2.75) is 12.8 Å². The number of nitrogens with one attached hydrogen (secondary N) is 2. The molecule has 0 aromatic heterocycles. The van der Waals surface area contributed by atoms with Gasteiger partial charge in [-0.3, -0.25) is 9.98 Å². The zero-order valence-electron chi connectivity index (χ0n) is 11.5. The van der Waals surface area contributed by atoms with Crippen molar-refractivity contribution in [2.75, 3.05) is 26.2 Å². The normalized spacial score (nSPS) is 13.3. The molecule has 0 aliphatic heterocycles. The Hall–Kier alpha value is -2.20. The fourth-order valence-corrected chi connectivity index (χ4v) is 0.926. The Bertz CT molecular complexity index is 312. The van der Waals surface area contributed by atoms with Crippen LogP contribution >= 0.6 is 0 Å². The first-order chi connectivity index (χ1) is 9.70. The van der Waals surface area contributed by atoms with Crippen LogP contribution in [0.2, 0.25) is 0 Å². The number of hydrogen-bond donors (Lipinski definition) is 6. The minimum atomic E-state index is 0.221. The number of rotatable bonds is 9. The summed E-state index contributed by atoms with van der Waals surface area (Å²) in [6, 6.07) is 0. The molecular weight excluding hydrogens is 260 g/mol. The highest BCUT2D eigenvalue weighted by Crippen LogP contribution is 1.76. The predicted octanol–water partition coefficient (Wildman–Crippen LogP) is -2.54. The molecule has 10 nitrogen and oxygen atoms in total. The molecule has 0 unspecified atom stereocenters. The zero-order valence-corrected chi connectivity index (χ0v) is 11.5. The second-order valence-electron chi connectivity index (χ2n) is 3.60. The Morgan fingerprint density at radius 1 is 0.800 bits per heavy atom. The van der Waals surface area contributed by atoms with Crippen LogP contribution < -0.4 is 33.8 Å². The van der Waals surface area contributed by atoms with E-state index in [1.165, 1.54) is 12.4 Å². The molecular formula is C10H24N10. The molecule has 10 N–H and O–H groups in total.